The molecule has 3 N–H and O–H groups in total. The predicted molar refractivity (Wildman–Crippen MR) is 146 cm³/mol. The van der Waals surface area contributed by atoms with Gasteiger partial charge in [-0.25, -0.2) is 14.0 Å². The first-order valence-corrected chi connectivity index (χ1v) is 12.3. The van der Waals surface area contributed by atoms with E-state index in [0.717, 1.165) is 0 Å². The lowest BCUT2D eigenvalue weighted by atomic mass is 9.90. The summed E-state index contributed by atoms with van der Waals surface area (Å²) in [4.78, 5) is 54.1. The molecule has 39 heavy (non-hydrogen) atoms. The summed E-state index contributed by atoms with van der Waals surface area (Å²) < 4.78 is 15.0. The highest BCUT2D eigenvalue weighted by atomic mass is 19.1. The molecule has 1 heterocycles. The van der Waals surface area contributed by atoms with E-state index in [9.17, 15) is 28.7 Å². The lowest BCUT2D eigenvalue weighted by Crippen LogP contribution is -2.54. The van der Waals surface area contributed by atoms with Gasteiger partial charge >= 0.3 is 12.0 Å². The molecular weight excluding hydrogens is 503 g/mol. The zero-order valence-corrected chi connectivity index (χ0v) is 21.8. The van der Waals surface area contributed by atoms with Crippen LogP contribution in [-0.4, -0.2) is 47.9 Å². The number of benzene rings is 3. The summed E-state index contributed by atoms with van der Waals surface area (Å²) in [6, 6.07) is 16.7. The van der Waals surface area contributed by atoms with Gasteiger partial charge < -0.3 is 25.5 Å². The summed E-state index contributed by atoms with van der Waals surface area (Å²) in [5, 5.41) is 14.4. The van der Waals surface area contributed by atoms with E-state index in [2.05, 4.69) is 10.6 Å². The van der Waals surface area contributed by atoms with Crippen molar-refractivity contribution in [1.82, 2.24) is 5.32 Å². The molecular formula is C29H29FN4O5. The zero-order valence-electron chi connectivity index (χ0n) is 21.8. The Bertz CT molecular complexity index is 1430. The van der Waals surface area contributed by atoms with Crippen molar-refractivity contribution in [2.45, 2.75) is 26.8 Å². The maximum atomic E-state index is 15.0. The van der Waals surface area contributed by atoms with Crippen LogP contribution >= 0.6 is 0 Å². The van der Waals surface area contributed by atoms with E-state index in [1.54, 1.807) is 68.1 Å². The Morgan fingerprint density at radius 3 is 2.23 bits per heavy atom. The maximum absolute atomic E-state index is 15.0. The number of amides is 3. The van der Waals surface area contributed by atoms with Gasteiger partial charge in [0.05, 0.1) is 35.7 Å². The van der Waals surface area contributed by atoms with Crippen molar-refractivity contribution < 1.29 is 28.7 Å². The van der Waals surface area contributed by atoms with Crippen LogP contribution in [0, 0.1) is 11.2 Å². The average molecular weight is 533 g/mol. The highest BCUT2D eigenvalue weighted by Gasteiger charge is 2.38. The second-order valence-corrected chi connectivity index (χ2v) is 10.2. The lowest BCUT2D eigenvalue weighted by molar-refractivity contribution is -0.127. The molecule has 0 radical (unpaired) electrons. The van der Waals surface area contributed by atoms with Gasteiger partial charge in [0, 0.05) is 11.1 Å². The second-order valence-electron chi connectivity index (χ2n) is 10.2. The Balaban J connectivity index is 1.72. The molecule has 10 heteroatoms. The number of anilines is 4. The maximum Gasteiger partial charge on any atom is 0.335 e. The van der Waals surface area contributed by atoms with Gasteiger partial charge in [0.15, 0.2) is 5.78 Å². The quantitative estimate of drug-likeness (QED) is 0.419. The number of ketones is 1. The molecule has 9 nitrogen and oxygen atoms in total. The summed E-state index contributed by atoms with van der Waals surface area (Å²) in [7, 11) is 0. The number of carboxylic acid groups (broad SMARTS) is 1. The van der Waals surface area contributed by atoms with Gasteiger partial charge in [0.1, 0.15) is 11.9 Å². The summed E-state index contributed by atoms with van der Waals surface area (Å²) >= 11 is 0. The number of urea groups is 1. The van der Waals surface area contributed by atoms with Crippen LogP contribution in [0.4, 0.5) is 31.9 Å². The van der Waals surface area contributed by atoms with Crippen LogP contribution in [0.25, 0.3) is 0 Å². The first-order valence-electron chi connectivity index (χ1n) is 12.3. The third-order valence-electron chi connectivity index (χ3n) is 6.35. The van der Waals surface area contributed by atoms with E-state index in [0.29, 0.717) is 11.4 Å². The Morgan fingerprint density at radius 1 is 0.949 bits per heavy atom. The number of Topliss-reactive ketones (excluding diaryl/α,β-unsaturated/α-hetero) is 1. The van der Waals surface area contributed by atoms with Gasteiger partial charge in [-0.15, -0.1) is 0 Å². The number of hydrogen-bond acceptors (Lipinski definition) is 5. The van der Waals surface area contributed by atoms with Gasteiger partial charge in [0.25, 0.3) is 5.91 Å². The molecule has 1 unspecified atom stereocenters. The highest BCUT2D eigenvalue weighted by Crippen LogP contribution is 2.38. The number of hydrogen-bond donors (Lipinski definition) is 3. The average Bonchev–Trinajstić information content (AvgIpc) is 2.99. The van der Waals surface area contributed by atoms with Crippen LogP contribution in [-0.2, 0) is 9.59 Å². The molecule has 0 saturated heterocycles. The Kier molecular flexibility index (Phi) is 7.66. The first kappa shape index (κ1) is 27.3. The van der Waals surface area contributed by atoms with Crippen molar-refractivity contribution in [2.75, 3.05) is 28.2 Å². The van der Waals surface area contributed by atoms with Crippen LogP contribution in [0.1, 0.15) is 31.1 Å². The molecule has 0 bridgehead atoms. The van der Waals surface area contributed by atoms with Crippen LogP contribution in [0.15, 0.2) is 72.8 Å². The predicted octanol–water partition coefficient (Wildman–Crippen LogP) is 4.81. The molecule has 1 atom stereocenters. The van der Waals surface area contributed by atoms with Crippen molar-refractivity contribution in [2.24, 2.45) is 5.41 Å². The molecule has 0 aliphatic carbocycles. The molecule has 0 aromatic heterocycles. The van der Waals surface area contributed by atoms with Crippen molar-refractivity contribution >= 4 is 46.4 Å². The minimum absolute atomic E-state index is 0.0219. The van der Waals surface area contributed by atoms with E-state index in [-0.39, 0.29) is 35.8 Å². The van der Waals surface area contributed by atoms with Crippen molar-refractivity contribution in [3.05, 3.63) is 84.2 Å². The van der Waals surface area contributed by atoms with Crippen molar-refractivity contribution in [3.8, 4) is 0 Å². The van der Waals surface area contributed by atoms with E-state index in [1.807, 2.05) is 0 Å². The van der Waals surface area contributed by atoms with Crippen molar-refractivity contribution in [3.63, 3.8) is 0 Å². The minimum atomic E-state index is -1.19. The lowest BCUT2D eigenvalue weighted by Gasteiger charge is -2.28. The van der Waals surface area contributed by atoms with E-state index in [1.165, 1.54) is 35.2 Å². The van der Waals surface area contributed by atoms with Crippen molar-refractivity contribution in [1.29, 1.82) is 0 Å². The highest BCUT2D eigenvalue weighted by molar-refractivity contribution is 6.08. The number of rotatable bonds is 6. The van der Waals surface area contributed by atoms with Gasteiger partial charge in [-0.2, -0.15) is 0 Å². The van der Waals surface area contributed by atoms with Crippen LogP contribution < -0.4 is 20.4 Å². The summed E-state index contributed by atoms with van der Waals surface area (Å²) in [5.41, 5.74) is 0.554. The number of carboxylic acids is 1. The molecule has 0 fully saturated rings. The second kappa shape index (κ2) is 10.9. The standard InChI is InChI=1S/C29H29FN4O5/c1-29(2,3)25(35)17-34-24-14-7-6-13-23(24)33(22-12-5-4-11-20(22)30)16-21(26(34)36)32-28(39)31-19-10-8-9-18(15-19)27(37)38/h4-15,21H,16-17H2,1-3H3,(H,37,38)(H2,31,32,39). The third-order valence-corrected chi connectivity index (χ3v) is 6.35. The first-order chi connectivity index (χ1) is 18.5. The minimum Gasteiger partial charge on any atom is -0.478 e. The number of para-hydroxylation sites is 3. The number of aromatic carboxylic acids is 1. The number of halogens is 1. The topological polar surface area (TPSA) is 119 Å². The molecule has 3 aromatic carbocycles. The molecule has 0 saturated carbocycles. The van der Waals surface area contributed by atoms with Gasteiger partial charge in [0.2, 0.25) is 0 Å². The van der Waals surface area contributed by atoms with Gasteiger partial charge in [-0.05, 0) is 42.5 Å². The molecule has 3 aromatic rings. The number of fused-ring (bicyclic) bond motifs is 1. The number of nitrogens with one attached hydrogen (secondary N) is 2. The molecule has 202 valence electrons. The summed E-state index contributed by atoms with van der Waals surface area (Å²) in [6.07, 6.45) is 0. The molecule has 0 spiro atoms. The number of carbonyl (C=O) groups is 4. The van der Waals surface area contributed by atoms with Gasteiger partial charge in [-0.3, -0.25) is 9.59 Å². The zero-order chi connectivity index (χ0) is 28.3. The molecule has 3 amide bonds. The monoisotopic (exact) mass is 532 g/mol. The fraction of sp³-hybridized carbons (Fsp3) is 0.241. The van der Waals surface area contributed by atoms with Crippen LogP contribution in [0.2, 0.25) is 0 Å². The summed E-state index contributed by atoms with van der Waals surface area (Å²) in [5.74, 6) is -2.42. The van der Waals surface area contributed by atoms with Crippen LogP contribution in [0.5, 0.6) is 0 Å². The molecule has 1 aliphatic heterocycles. The van der Waals surface area contributed by atoms with E-state index in [4.69, 9.17) is 0 Å². The fourth-order valence-electron chi connectivity index (χ4n) is 4.19. The number of nitrogens with zero attached hydrogens (tertiary/aromatic N) is 2. The largest absolute Gasteiger partial charge is 0.478 e. The third kappa shape index (κ3) is 6.06. The number of carbonyl (C=O) groups excluding carboxylic acids is 3. The smallest absolute Gasteiger partial charge is 0.335 e. The summed E-state index contributed by atoms with van der Waals surface area (Å²) in [6.45, 7) is 4.89. The Hall–Kier alpha value is -4.73. The normalized spacial score (nSPS) is 15.3. The van der Waals surface area contributed by atoms with Crippen LogP contribution in [0.3, 0.4) is 0 Å². The Morgan fingerprint density at radius 2 is 1.59 bits per heavy atom. The Labute approximate surface area is 225 Å². The fourth-order valence-corrected chi connectivity index (χ4v) is 4.19. The molecule has 1 aliphatic rings. The SMILES string of the molecule is CC(C)(C)C(=O)CN1C(=O)C(NC(=O)Nc2cccc(C(=O)O)c2)CN(c2ccccc2F)c2ccccc21. The van der Waals surface area contributed by atoms with E-state index < -0.39 is 35.2 Å². The molecule has 4 rings (SSSR count). The van der Waals surface area contributed by atoms with Gasteiger partial charge in [-0.1, -0.05) is 51.1 Å². The van der Waals surface area contributed by atoms with E-state index >= 15 is 0 Å².